The third-order valence-electron chi connectivity index (χ3n) is 4.52. The lowest BCUT2D eigenvalue weighted by Gasteiger charge is -2.11. The van der Waals surface area contributed by atoms with Gasteiger partial charge in [-0.1, -0.05) is 0 Å². The van der Waals surface area contributed by atoms with Gasteiger partial charge in [-0.15, -0.1) is 0 Å². The fourth-order valence-corrected chi connectivity index (χ4v) is 3.47. The number of benzene rings is 1. The van der Waals surface area contributed by atoms with Crippen LogP contribution in [-0.2, 0) is 0 Å². The van der Waals surface area contributed by atoms with E-state index in [1.165, 1.54) is 6.07 Å². The predicted molar refractivity (Wildman–Crippen MR) is 102 cm³/mol. The molecule has 6 nitrogen and oxygen atoms in total. The summed E-state index contributed by atoms with van der Waals surface area (Å²) >= 11 is 0. The third-order valence-corrected chi connectivity index (χ3v) is 4.52. The molecule has 26 heavy (non-hydrogen) atoms. The summed E-state index contributed by atoms with van der Waals surface area (Å²) in [5, 5.41) is 3.95. The lowest BCUT2D eigenvalue weighted by Crippen LogP contribution is -2.02. The Kier molecular flexibility index (Phi) is 3.86. The lowest BCUT2D eigenvalue weighted by molar-refractivity contribution is 0.600. The molecule has 0 saturated heterocycles. The van der Waals surface area contributed by atoms with Crippen LogP contribution in [0.25, 0.3) is 33.2 Å². The van der Waals surface area contributed by atoms with Crippen LogP contribution in [-0.4, -0.2) is 31.0 Å². The number of fused-ring (bicyclic) bond motifs is 2. The highest BCUT2D eigenvalue weighted by Gasteiger charge is 2.17. The zero-order valence-corrected chi connectivity index (χ0v) is 15.3. The Morgan fingerprint density at radius 1 is 1.27 bits per heavy atom. The van der Waals surface area contributed by atoms with Gasteiger partial charge in [-0.3, -0.25) is 0 Å². The maximum Gasteiger partial charge on any atom is 0.224 e. The minimum atomic E-state index is -0.320. The van der Waals surface area contributed by atoms with E-state index in [2.05, 4.69) is 43.7 Å². The van der Waals surface area contributed by atoms with Gasteiger partial charge in [0.1, 0.15) is 17.0 Å². The first-order chi connectivity index (χ1) is 12.5. The van der Waals surface area contributed by atoms with Crippen molar-refractivity contribution in [3.05, 3.63) is 36.2 Å². The third kappa shape index (κ3) is 2.51. The summed E-state index contributed by atoms with van der Waals surface area (Å²) < 4.78 is 16.8. The Balaban J connectivity index is 1.91. The molecule has 0 amide bonds. The van der Waals surface area contributed by atoms with Crippen molar-refractivity contribution < 1.29 is 4.39 Å². The summed E-state index contributed by atoms with van der Waals surface area (Å²) in [4.78, 5) is 16.4. The molecule has 134 valence electrons. The number of halogens is 1. The molecule has 0 fully saturated rings. The Bertz CT molecular complexity index is 1110. The zero-order valence-electron chi connectivity index (χ0n) is 15.3. The molecule has 0 bridgehead atoms. The molecule has 0 aliphatic heterocycles. The van der Waals surface area contributed by atoms with Crippen molar-refractivity contribution in [2.75, 3.05) is 11.9 Å². The molecular formula is C19H21FN6. The minimum absolute atomic E-state index is 0.198. The van der Waals surface area contributed by atoms with Crippen molar-refractivity contribution in [3.63, 3.8) is 0 Å². The van der Waals surface area contributed by atoms with Crippen molar-refractivity contribution in [2.45, 2.75) is 33.7 Å². The number of hydrogen-bond donors (Lipinski definition) is 2. The number of aryl methyl sites for hydroxylation is 1. The first kappa shape index (κ1) is 16.5. The fourth-order valence-electron chi connectivity index (χ4n) is 3.47. The van der Waals surface area contributed by atoms with Crippen LogP contribution in [0.3, 0.4) is 0 Å². The van der Waals surface area contributed by atoms with E-state index in [0.717, 1.165) is 40.0 Å². The molecule has 0 atom stereocenters. The second-order valence-corrected chi connectivity index (χ2v) is 6.64. The number of aromatic amines is 1. The fraction of sp³-hybridized carbons (Fsp3) is 0.316. The largest absolute Gasteiger partial charge is 0.354 e. The summed E-state index contributed by atoms with van der Waals surface area (Å²) in [6.07, 6.45) is 3.61. The molecule has 2 N–H and O–H groups in total. The second-order valence-electron chi connectivity index (χ2n) is 6.64. The molecule has 0 aliphatic rings. The maximum absolute atomic E-state index is 14.7. The minimum Gasteiger partial charge on any atom is -0.354 e. The van der Waals surface area contributed by atoms with Crippen LogP contribution < -0.4 is 5.32 Å². The molecule has 1 aromatic carbocycles. The topological polar surface area (TPSA) is 71.4 Å². The second kappa shape index (κ2) is 6.09. The quantitative estimate of drug-likeness (QED) is 0.570. The van der Waals surface area contributed by atoms with E-state index in [1.54, 1.807) is 6.20 Å². The summed E-state index contributed by atoms with van der Waals surface area (Å²) in [7, 11) is 0. The van der Waals surface area contributed by atoms with Crippen molar-refractivity contribution in [1.29, 1.82) is 0 Å². The molecule has 3 aromatic heterocycles. The van der Waals surface area contributed by atoms with Gasteiger partial charge in [-0.2, -0.15) is 4.98 Å². The molecule has 4 rings (SSSR count). The van der Waals surface area contributed by atoms with Gasteiger partial charge in [0.2, 0.25) is 5.95 Å². The van der Waals surface area contributed by atoms with Gasteiger partial charge in [0.15, 0.2) is 5.82 Å². The molecule has 0 aliphatic carbocycles. The number of hydrogen-bond acceptors (Lipinski definition) is 4. The Morgan fingerprint density at radius 3 is 2.81 bits per heavy atom. The summed E-state index contributed by atoms with van der Waals surface area (Å²) in [5.74, 6) is 1.06. The highest BCUT2D eigenvalue weighted by molar-refractivity contribution is 5.96. The molecule has 4 aromatic rings. The number of imidazole rings is 1. The SMILES string of the molecule is CCNc1ncc2c(-c3cc(F)c4nc(C)n(C(C)C)c4c3)c[nH]c2n1. The molecular weight excluding hydrogens is 331 g/mol. The Labute approximate surface area is 150 Å². The number of nitrogens with one attached hydrogen (secondary N) is 2. The van der Waals surface area contributed by atoms with Gasteiger partial charge in [-0.05, 0) is 45.4 Å². The van der Waals surface area contributed by atoms with Gasteiger partial charge < -0.3 is 14.9 Å². The van der Waals surface area contributed by atoms with E-state index in [1.807, 2.05) is 26.1 Å². The van der Waals surface area contributed by atoms with Gasteiger partial charge in [0.25, 0.3) is 0 Å². The van der Waals surface area contributed by atoms with Crippen LogP contribution in [0, 0.1) is 12.7 Å². The monoisotopic (exact) mass is 352 g/mol. The predicted octanol–water partition coefficient (Wildman–Crippen LogP) is 4.43. The number of H-pyrrole nitrogens is 1. The molecule has 3 heterocycles. The van der Waals surface area contributed by atoms with Gasteiger partial charge in [0, 0.05) is 35.9 Å². The molecule has 0 spiro atoms. The van der Waals surface area contributed by atoms with Gasteiger partial charge in [-0.25, -0.2) is 14.4 Å². The standard InChI is InChI=1S/C19H21FN6/c1-5-21-19-23-9-14-13(8-22-18(14)25-19)12-6-15(20)17-16(7-12)26(10(2)3)11(4)24-17/h6-10H,5H2,1-4H3,(H2,21,22,23,25). The Morgan fingerprint density at radius 2 is 2.08 bits per heavy atom. The van der Waals surface area contributed by atoms with Crippen molar-refractivity contribution in [2.24, 2.45) is 0 Å². The number of rotatable bonds is 4. The lowest BCUT2D eigenvalue weighted by atomic mass is 10.1. The normalized spacial score (nSPS) is 11.8. The molecule has 0 saturated carbocycles. The zero-order chi connectivity index (χ0) is 18.4. The van der Waals surface area contributed by atoms with Crippen molar-refractivity contribution in [3.8, 4) is 11.1 Å². The molecule has 0 radical (unpaired) electrons. The van der Waals surface area contributed by atoms with Crippen LogP contribution in [0.1, 0.15) is 32.6 Å². The van der Waals surface area contributed by atoms with E-state index < -0.39 is 0 Å². The van der Waals surface area contributed by atoms with Crippen LogP contribution in [0.15, 0.2) is 24.5 Å². The van der Waals surface area contributed by atoms with E-state index in [0.29, 0.717) is 11.5 Å². The molecule has 7 heteroatoms. The molecule has 0 unspecified atom stereocenters. The van der Waals surface area contributed by atoms with Gasteiger partial charge >= 0.3 is 0 Å². The summed E-state index contributed by atoms with van der Waals surface area (Å²) in [5.41, 5.74) is 3.58. The van der Waals surface area contributed by atoms with Crippen LogP contribution in [0.2, 0.25) is 0 Å². The average molecular weight is 352 g/mol. The highest BCUT2D eigenvalue weighted by Crippen LogP contribution is 2.33. The van der Waals surface area contributed by atoms with Gasteiger partial charge in [0.05, 0.1) is 5.52 Å². The first-order valence-corrected chi connectivity index (χ1v) is 8.76. The smallest absolute Gasteiger partial charge is 0.224 e. The highest BCUT2D eigenvalue weighted by atomic mass is 19.1. The maximum atomic E-state index is 14.7. The van der Waals surface area contributed by atoms with Crippen LogP contribution in [0.4, 0.5) is 10.3 Å². The van der Waals surface area contributed by atoms with Crippen molar-refractivity contribution in [1.82, 2.24) is 24.5 Å². The van der Waals surface area contributed by atoms with Crippen LogP contribution >= 0.6 is 0 Å². The summed E-state index contributed by atoms with van der Waals surface area (Å²) in [6, 6.07) is 3.71. The number of nitrogens with zero attached hydrogens (tertiary/aromatic N) is 4. The average Bonchev–Trinajstić information content (AvgIpc) is 3.15. The van der Waals surface area contributed by atoms with E-state index in [-0.39, 0.29) is 11.9 Å². The van der Waals surface area contributed by atoms with E-state index >= 15 is 0 Å². The van der Waals surface area contributed by atoms with E-state index in [4.69, 9.17) is 0 Å². The summed E-state index contributed by atoms with van der Waals surface area (Å²) in [6.45, 7) is 8.78. The van der Waals surface area contributed by atoms with Crippen molar-refractivity contribution >= 4 is 28.0 Å². The Hall–Kier alpha value is -2.96. The first-order valence-electron chi connectivity index (χ1n) is 8.76. The van der Waals surface area contributed by atoms with E-state index in [9.17, 15) is 4.39 Å². The number of aromatic nitrogens is 5. The number of anilines is 1. The van der Waals surface area contributed by atoms with Crippen LogP contribution in [0.5, 0.6) is 0 Å².